The Bertz CT molecular complexity index is 3660. The zero-order valence-corrected chi connectivity index (χ0v) is 44.6. The number of imidazole rings is 2. The number of carbonyl (C=O) groups excluding carboxylic acids is 3. The zero-order valence-electron chi connectivity index (χ0n) is 44.6. The number of hydrogen-bond donors (Lipinski definition) is 5. The van der Waals surface area contributed by atoms with E-state index >= 15 is 0 Å². The topological polar surface area (TPSA) is 205 Å². The fraction of sp³-hybridized carbons (Fsp3) is 0.316. The van der Waals surface area contributed by atoms with Crippen molar-refractivity contribution >= 4 is 63.4 Å². The summed E-state index contributed by atoms with van der Waals surface area (Å²) in [5.41, 5.74) is 12.1. The number of benzene rings is 2. The molecule has 2 aromatic carbocycles. The monoisotopic (exact) mass is 1070 g/mol. The van der Waals surface area contributed by atoms with Crippen LogP contribution in [0.4, 0.5) is 43.2 Å². The number of likely N-dealkylation sites (N-methyl/N-ethyl adjacent to an activating group) is 1. The van der Waals surface area contributed by atoms with Crippen LogP contribution in [0.3, 0.4) is 0 Å². The predicted molar refractivity (Wildman–Crippen MR) is 297 cm³/mol. The molecule has 0 bridgehead atoms. The Morgan fingerprint density at radius 3 is 1.71 bits per heavy atom. The lowest BCUT2D eigenvalue weighted by atomic mass is 9.99. The number of rotatable bonds is 12. The molecule has 79 heavy (non-hydrogen) atoms. The highest BCUT2D eigenvalue weighted by atomic mass is 19.1. The van der Waals surface area contributed by atoms with Gasteiger partial charge in [0.25, 0.3) is 11.8 Å². The Morgan fingerprint density at radius 1 is 0.671 bits per heavy atom. The van der Waals surface area contributed by atoms with E-state index in [0.717, 1.165) is 62.9 Å². The number of nitrogens with one attached hydrogen (secondary N) is 4. The van der Waals surface area contributed by atoms with E-state index in [1.165, 1.54) is 24.3 Å². The van der Waals surface area contributed by atoms with Crippen molar-refractivity contribution in [1.29, 1.82) is 0 Å². The van der Waals surface area contributed by atoms with Crippen LogP contribution < -0.4 is 31.1 Å². The average molecular weight is 1070 g/mol. The van der Waals surface area contributed by atoms with Gasteiger partial charge in [-0.2, -0.15) is 0 Å². The highest BCUT2D eigenvalue weighted by Gasteiger charge is 2.30. The van der Waals surface area contributed by atoms with Crippen molar-refractivity contribution in [2.45, 2.75) is 38.7 Å². The number of aromatic nitrogens is 6. The quantitative estimate of drug-likeness (QED) is 0.0948. The van der Waals surface area contributed by atoms with Crippen LogP contribution in [0.5, 0.6) is 0 Å². The molecule has 408 valence electrons. The van der Waals surface area contributed by atoms with Crippen LogP contribution in [0, 0.1) is 11.6 Å². The smallest absolute Gasteiger partial charge is 0.254 e. The highest BCUT2D eigenvalue weighted by molar-refractivity contribution is 6.07. The third kappa shape index (κ3) is 10.9. The van der Waals surface area contributed by atoms with Crippen LogP contribution >= 0.6 is 0 Å². The van der Waals surface area contributed by atoms with Gasteiger partial charge in [-0.1, -0.05) is 12.1 Å². The number of hydrogen-bond acceptors (Lipinski definition) is 15. The first kappa shape index (κ1) is 52.5. The number of halogens is 2. The molecule has 6 aromatic heterocycles. The summed E-state index contributed by atoms with van der Waals surface area (Å²) in [6.45, 7) is 6.02. The van der Waals surface area contributed by atoms with E-state index in [9.17, 15) is 28.3 Å². The Hall–Kier alpha value is -8.57. The molecule has 5 N–H and O–H groups in total. The molecule has 22 heteroatoms. The number of β-amino-alcohol motifs (C(OH)–C–C–N with tert-alkyl or cyclic N) is 1. The van der Waals surface area contributed by atoms with Gasteiger partial charge in [-0.05, 0) is 87.8 Å². The number of pyridine rings is 4. The minimum Gasteiger partial charge on any atom is -0.389 e. The van der Waals surface area contributed by atoms with Crippen LogP contribution in [-0.2, 0) is 35.7 Å². The minimum atomic E-state index is -0.566. The van der Waals surface area contributed by atoms with Crippen LogP contribution in [0.25, 0.3) is 33.8 Å². The first-order valence-corrected chi connectivity index (χ1v) is 26.1. The first-order chi connectivity index (χ1) is 38.1. The number of anilines is 6. The maximum absolute atomic E-state index is 13.7. The molecule has 3 amide bonds. The van der Waals surface area contributed by atoms with Gasteiger partial charge in [0.2, 0.25) is 5.91 Å². The van der Waals surface area contributed by atoms with E-state index in [-0.39, 0.29) is 29.4 Å². The number of aliphatic hydroxyl groups is 1. The maximum Gasteiger partial charge on any atom is 0.254 e. The molecule has 8 aromatic rings. The number of carbonyl (C=O) groups is 3. The van der Waals surface area contributed by atoms with Gasteiger partial charge in [-0.3, -0.25) is 23.2 Å². The predicted octanol–water partition coefficient (Wildman–Crippen LogP) is 6.03. The van der Waals surface area contributed by atoms with E-state index < -0.39 is 6.10 Å². The summed E-state index contributed by atoms with van der Waals surface area (Å²) in [7, 11) is 9.80. The van der Waals surface area contributed by atoms with Crippen molar-refractivity contribution in [1.82, 2.24) is 54.1 Å². The molecule has 2 saturated heterocycles. The fourth-order valence-corrected chi connectivity index (χ4v) is 10.7. The highest BCUT2D eigenvalue weighted by Crippen LogP contribution is 2.38. The first-order valence-electron chi connectivity index (χ1n) is 26.1. The molecule has 0 unspecified atom stereocenters. The number of ether oxygens (including phenoxy) is 1. The molecule has 2 fully saturated rings. The lowest BCUT2D eigenvalue weighted by Crippen LogP contribution is -2.34. The maximum atomic E-state index is 13.7. The summed E-state index contributed by atoms with van der Waals surface area (Å²) in [6.07, 6.45) is 6.58. The lowest BCUT2D eigenvalue weighted by Gasteiger charge is -2.27. The van der Waals surface area contributed by atoms with Crippen molar-refractivity contribution < 1.29 is 33.0 Å². The van der Waals surface area contributed by atoms with E-state index in [1.807, 2.05) is 97.5 Å². The van der Waals surface area contributed by atoms with Crippen molar-refractivity contribution in [2.75, 3.05) is 102 Å². The van der Waals surface area contributed by atoms with Gasteiger partial charge < -0.3 is 55.6 Å². The SMILES string of the molecule is CN(C)Cc1nc(Nc2ccc(-c3cnc4cc(F)ccn34)c3c2C(=O)NC3)ccc1N1CCC(=O)N(C)CC1.CN(C)Cc1nc(Nc2ccc(-c3cnc4cc(F)ccn34)c3c2C(=O)NC3)ccc1N1CCOC[C@H](O)C1. The number of aliphatic hydroxyl groups excluding tert-OH is 1. The summed E-state index contributed by atoms with van der Waals surface area (Å²) in [6, 6.07) is 21.0. The molecular weight excluding hydrogens is 1010 g/mol. The van der Waals surface area contributed by atoms with Gasteiger partial charge in [0, 0.05) is 108 Å². The third-order valence-corrected chi connectivity index (χ3v) is 14.4. The van der Waals surface area contributed by atoms with Crippen LogP contribution in [-0.4, -0.2) is 154 Å². The summed E-state index contributed by atoms with van der Waals surface area (Å²) >= 11 is 0. The second kappa shape index (κ2) is 22.0. The fourth-order valence-electron chi connectivity index (χ4n) is 10.7. The van der Waals surface area contributed by atoms with Gasteiger partial charge in [0.05, 0.1) is 88.4 Å². The molecule has 4 aliphatic rings. The van der Waals surface area contributed by atoms with E-state index in [1.54, 1.807) is 29.7 Å². The van der Waals surface area contributed by atoms with Gasteiger partial charge in [-0.25, -0.2) is 28.7 Å². The van der Waals surface area contributed by atoms with Crippen molar-refractivity contribution in [3.8, 4) is 22.5 Å². The Kier molecular flexibility index (Phi) is 14.6. The van der Waals surface area contributed by atoms with Crippen LogP contribution in [0.2, 0.25) is 0 Å². The van der Waals surface area contributed by atoms with E-state index in [0.29, 0.717) is 117 Å². The second-order valence-electron chi connectivity index (χ2n) is 20.6. The minimum absolute atomic E-state index is 0.148. The summed E-state index contributed by atoms with van der Waals surface area (Å²) in [5, 5.41) is 22.9. The standard InChI is InChI=1S/C29H31FN8O2.C28H30FN7O3/c1-35(2)17-22-23(37-10-9-27(39)36(3)12-13-37)6-7-25(34-22)33-21-5-4-19(20-15-32-29(40)28(20)21)24-16-31-26-14-18(30)8-11-38(24)26;1-34(2)15-22-23(35-9-10-39-16-18(37)14-35)5-6-25(33-22)32-21-4-3-19(20-12-31-28(38)27(20)21)24-13-30-26-11-17(29)7-8-36(24)26/h4-8,11,14,16H,9-10,12-13,15,17H2,1-3H3,(H,32,40)(H,33,34);3-8,11,13,18,37H,9-10,12,14-16H2,1-2H3,(H,31,38)(H,32,33)/t;18-/m.1/s1. The molecule has 0 saturated carbocycles. The second-order valence-corrected chi connectivity index (χ2v) is 20.6. The summed E-state index contributed by atoms with van der Waals surface area (Å²) in [5.74, 6) is 0.352. The molecule has 10 heterocycles. The zero-order chi connectivity index (χ0) is 55.1. The molecule has 12 rings (SSSR count). The molecule has 1 atom stereocenters. The molecule has 20 nitrogen and oxygen atoms in total. The van der Waals surface area contributed by atoms with Crippen LogP contribution in [0.15, 0.2) is 97.6 Å². The van der Waals surface area contributed by atoms with Crippen molar-refractivity contribution in [2.24, 2.45) is 0 Å². The van der Waals surface area contributed by atoms with Crippen LogP contribution in [0.1, 0.15) is 49.7 Å². The number of fused-ring (bicyclic) bond motifs is 4. The Balaban J connectivity index is 0.000000167. The molecule has 0 aliphatic carbocycles. The summed E-state index contributed by atoms with van der Waals surface area (Å²) < 4.78 is 36.5. The molecule has 0 spiro atoms. The normalized spacial score (nSPS) is 16.5. The summed E-state index contributed by atoms with van der Waals surface area (Å²) in [4.78, 5) is 66.9. The largest absolute Gasteiger partial charge is 0.389 e. The number of amides is 3. The number of nitrogens with zero attached hydrogens (tertiary/aromatic N) is 11. The Morgan fingerprint density at radius 2 is 1.19 bits per heavy atom. The van der Waals surface area contributed by atoms with E-state index in [2.05, 4.69) is 45.9 Å². The average Bonchev–Trinajstić information content (AvgIpc) is 4.41. The van der Waals surface area contributed by atoms with Crippen molar-refractivity contribution in [3.63, 3.8) is 0 Å². The van der Waals surface area contributed by atoms with Crippen molar-refractivity contribution in [3.05, 3.63) is 143 Å². The van der Waals surface area contributed by atoms with Gasteiger partial charge in [0.1, 0.15) is 34.6 Å². The third-order valence-electron chi connectivity index (χ3n) is 14.4. The molecular formula is C57H61F2N15O5. The van der Waals surface area contributed by atoms with Gasteiger partial charge in [-0.15, -0.1) is 0 Å². The molecule has 0 radical (unpaired) electrons. The van der Waals surface area contributed by atoms with Gasteiger partial charge >= 0.3 is 0 Å². The Labute approximate surface area is 454 Å². The lowest BCUT2D eigenvalue weighted by molar-refractivity contribution is -0.129. The molecule has 4 aliphatic heterocycles. The van der Waals surface area contributed by atoms with E-state index in [4.69, 9.17) is 14.7 Å². The van der Waals surface area contributed by atoms with Gasteiger partial charge in [0.15, 0.2) is 0 Å².